The highest BCUT2D eigenvalue weighted by molar-refractivity contribution is 5.85. The summed E-state index contributed by atoms with van der Waals surface area (Å²) in [6.45, 7) is 11.9. The van der Waals surface area contributed by atoms with Crippen molar-refractivity contribution >= 4 is 11.9 Å². The molecule has 0 bridgehead atoms. The van der Waals surface area contributed by atoms with E-state index in [0.29, 0.717) is 5.96 Å². The van der Waals surface area contributed by atoms with Gasteiger partial charge in [0.05, 0.1) is 0 Å². The number of hydrogen-bond donors (Lipinski definition) is 3. The van der Waals surface area contributed by atoms with Crippen LogP contribution in [0.2, 0.25) is 0 Å². The van der Waals surface area contributed by atoms with Crippen LogP contribution in [-0.4, -0.2) is 37.0 Å². The summed E-state index contributed by atoms with van der Waals surface area (Å²) in [5.41, 5.74) is -0.209. The summed E-state index contributed by atoms with van der Waals surface area (Å²) in [5.74, 6) is 0.654. The lowest BCUT2D eigenvalue weighted by atomic mass is 10.1. The number of hydrogen-bond acceptors (Lipinski definition) is 2. The molecular weight excluding hydrogens is 240 g/mol. The molecule has 3 N–H and O–H groups in total. The van der Waals surface area contributed by atoms with Gasteiger partial charge in [-0.05, 0) is 34.1 Å². The van der Waals surface area contributed by atoms with E-state index in [4.69, 9.17) is 0 Å². The minimum absolute atomic E-state index is 0.0572. The van der Waals surface area contributed by atoms with Crippen LogP contribution in [0.4, 0.5) is 0 Å². The maximum absolute atomic E-state index is 11.7. The highest BCUT2D eigenvalue weighted by atomic mass is 16.2. The van der Waals surface area contributed by atoms with Gasteiger partial charge in [0.15, 0.2) is 5.96 Å². The standard InChI is InChI=1S/C14H30N4O/c1-6-8-9-10-16-13(15-7-2)17-11-12(19)18-14(3,4)5/h6-11H2,1-5H3,(H,18,19)(H2,15,16,17). The maximum atomic E-state index is 11.7. The Labute approximate surface area is 117 Å². The van der Waals surface area contributed by atoms with E-state index in [9.17, 15) is 4.79 Å². The molecule has 0 aliphatic heterocycles. The van der Waals surface area contributed by atoms with E-state index in [1.54, 1.807) is 0 Å². The summed E-state index contributed by atoms with van der Waals surface area (Å²) >= 11 is 0. The van der Waals surface area contributed by atoms with Crippen LogP contribution in [0.25, 0.3) is 0 Å². The van der Waals surface area contributed by atoms with Gasteiger partial charge in [-0.25, -0.2) is 4.99 Å². The Kier molecular flexibility index (Phi) is 9.00. The highest BCUT2D eigenvalue weighted by Gasteiger charge is 2.13. The number of amides is 1. The van der Waals surface area contributed by atoms with Gasteiger partial charge in [0.1, 0.15) is 6.54 Å². The van der Waals surface area contributed by atoms with Gasteiger partial charge >= 0.3 is 0 Å². The van der Waals surface area contributed by atoms with Gasteiger partial charge < -0.3 is 16.0 Å². The molecule has 0 saturated carbocycles. The minimum Gasteiger partial charge on any atom is -0.357 e. The predicted molar refractivity (Wildman–Crippen MR) is 81.4 cm³/mol. The molecule has 5 heteroatoms. The van der Waals surface area contributed by atoms with Crippen molar-refractivity contribution in [3.8, 4) is 0 Å². The van der Waals surface area contributed by atoms with Crippen molar-refractivity contribution in [1.82, 2.24) is 16.0 Å². The van der Waals surface area contributed by atoms with E-state index in [1.807, 2.05) is 27.7 Å². The van der Waals surface area contributed by atoms with Crippen molar-refractivity contribution in [3.05, 3.63) is 0 Å². The average Bonchev–Trinajstić information content (AvgIpc) is 2.29. The molecule has 0 aromatic carbocycles. The van der Waals surface area contributed by atoms with Crippen LogP contribution in [0, 0.1) is 0 Å². The van der Waals surface area contributed by atoms with Crippen molar-refractivity contribution < 1.29 is 4.79 Å². The third kappa shape index (κ3) is 11.6. The number of carbonyl (C=O) groups is 1. The topological polar surface area (TPSA) is 65.5 Å². The highest BCUT2D eigenvalue weighted by Crippen LogP contribution is 1.97. The second kappa shape index (κ2) is 9.64. The quantitative estimate of drug-likeness (QED) is 0.374. The molecule has 0 aliphatic rings. The van der Waals surface area contributed by atoms with E-state index in [2.05, 4.69) is 27.9 Å². The Hall–Kier alpha value is -1.26. The number of rotatable bonds is 7. The van der Waals surface area contributed by atoms with Crippen LogP contribution < -0.4 is 16.0 Å². The van der Waals surface area contributed by atoms with Gasteiger partial charge in [0.2, 0.25) is 5.91 Å². The Morgan fingerprint density at radius 2 is 1.79 bits per heavy atom. The summed E-state index contributed by atoms with van der Waals surface area (Å²) in [6, 6.07) is 0. The molecule has 19 heavy (non-hydrogen) atoms. The fourth-order valence-electron chi connectivity index (χ4n) is 1.53. The number of carbonyl (C=O) groups excluding carboxylic acids is 1. The van der Waals surface area contributed by atoms with E-state index in [-0.39, 0.29) is 18.0 Å². The maximum Gasteiger partial charge on any atom is 0.242 e. The zero-order valence-corrected chi connectivity index (χ0v) is 13.1. The first kappa shape index (κ1) is 17.7. The lowest BCUT2D eigenvalue weighted by molar-refractivity contribution is -0.121. The Morgan fingerprint density at radius 1 is 1.11 bits per heavy atom. The van der Waals surface area contributed by atoms with E-state index < -0.39 is 0 Å². The van der Waals surface area contributed by atoms with Crippen molar-refractivity contribution in [2.75, 3.05) is 19.6 Å². The molecule has 0 aliphatic carbocycles. The van der Waals surface area contributed by atoms with Gasteiger partial charge in [-0.2, -0.15) is 0 Å². The largest absolute Gasteiger partial charge is 0.357 e. The fraction of sp³-hybridized carbons (Fsp3) is 0.857. The second-order valence-corrected chi connectivity index (χ2v) is 5.63. The van der Waals surface area contributed by atoms with E-state index in [0.717, 1.165) is 19.5 Å². The number of nitrogens with one attached hydrogen (secondary N) is 3. The van der Waals surface area contributed by atoms with Crippen LogP contribution in [-0.2, 0) is 4.79 Å². The predicted octanol–water partition coefficient (Wildman–Crippen LogP) is 1.65. The third-order valence-corrected chi connectivity index (χ3v) is 2.31. The first-order valence-electron chi connectivity index (χ1n) is 7.22. The van der Waals surface area contributed by atoms with Gasteiger partial charge in [-0.1, -0.05) is 19.8 Å². The summed E-state index contributed by atoms with van der Waals surface area (Å²) in [4.78, 5) is 15.9. The summed E-state index contributed by atoms with van der Waals surface area (Å²) in [5, 5.41) is 9.26. The normalized spacial score (nSPS) is 12.2. The summed E-state index contributed by atoms with van der Waals surface area (Å²) in [6.07, 6.45) is 3.52. The molecule has 112 valence electrons. The third-order valence-electron chi connectivity index (χ3n) is 2.31. The smallest absolute Gasteiger partial charge is 0.242 e. The van der Waals surface area contributed by atoms with Crippen LogP contribution in [0.3, 0.4) is 0 Å². The van der Waals surface area contributed by atoms with Crippen molar-refractivity contribution in [1.29, 1.82) is 0 Å². The zero-order valence-electron chi connectivity index (χ0n) is 13.1. The Bertz CT molecular complexity index is 282. The fourth-order valence-corrected chi connectivity index (χ4v) is 1.53. The lowest BCUT2D eigenvalue weighted by Gasteiger charge is -2.20. The van der Waals surface area contributed by atoms with Crippen molar-refractivity contribution in [2.24, 2.45) is 4.99 Å². The monoisotopic (exact) mass is 270 g/mol. The molecule has 0 unspecified atom stereocenters. The molecular formula is C14H30N4O. The van der Waals surface area contributed by atoms with Crippen LogP contribution >= 0.6 is 0 Å². The van der Waals surface area contributed by atoms with Gasteiger partial charge in [0, 0.05) is 18.6 Å². The van der Waals surface area contributed by atoms with Gasteiger partial charge in [-0.3, -0.25) is 4.79 Å². The minimum atomic E-state index is -0.209. The molecule has 0 rings (SSSR count). The van der Waals surface area contributed by atoms with Crippen LogP contribution in [0.1, 0.15) is 53.9 Å². The molecule has 0 saturated heterocycles. The van der Waals surface area contributed by atoms with Crippen molar-refractivity contribution in [2.45, 2.75) is 59.4 Å². The zero-order chi connectivity index (χ0) is 14.7. The summed E-state index contributed by atoms with van der Waals surface area (Å²) < 4.78 is 0. The molecule has 0 aromatic heterocycles. The average molecular weight is 270 g/mol. The summed E-state index contributed by atoms with van der Waals surface area (Å²) in [7, 11) is 0. The Morgan fingerprint density at radius 3 is 2.32 bits per heavy atom. The number of nitrogens with zero attached hydrogens (tertiary/aromatic N) is 1. The van der Waals surface area contributed by atoms with Crippen LogP contribution in [0.5, 0.6) is 0 Å². The molecule has 5 nitrogen and oxygen atoms in total. The molecule has 1 amide bonds. The number of aliphatic imine (C=N–C) groups is 1. The lowest BCUT2D eigenvalue weighted by Crippen LogP contribution is -2.43. The molecule has 0 radical (unpaired) electrons. The molecule has 0 atom stereocenters. The molecule has 0 fully saturated rings. The molecule has 0 spiro atoms. The molecule has 0 heterocycles. The van der Waals surface area contributed by atoms with Crippen molar-refractivity contribution in [3.63, 3.8) is 0 Å². The second-order valence-electron chi connectivity index (χ2n) is 5.63. The van der Waals surface area contributed by atoms with Gasteiger partial charge in [-0.15, -0.1) is 0 Å². The first-order valence-corrected chi connectivity index (χ1v) is 7.22. The van der Waals surface area contributed by atoms with Gasteiger partial charge in [0.25, 0.3) is 0 Å². The van der Waals surface area contributed by atoms with E-state index >= 15 is 0 Å². The van der Waals surface area contributed by atoms with E-state index in [1.165, 1.54) is 12.8 Å². The number of unbranched alkanes of at least 4 members (excludes halogenated alkanes) is 2. The SMILES string of the molecule is CCCCCNC(=NCC(=O)NC(C)(C)C)NCC. The number of guanidine groups is 1. The Balaban J connectivity index is 4.14. The van der Waals surface area contributed by atoms with Crippen LogP contribution in [0.15, 0.2) is 4.99 Å². The molecule has 0 aromatic rings. The first-order chi connectivity index (χ1) is 8.89.